The molecule has 1 fully saturated rings. The van der Waals surface area contributed by atoms with Gasteiger partial charge >= 0.3 is 0 Å². The van der Waals surface area contributed by atoms with Crippen LogP contribution in [0.4, 0.5) is 5.69 Å². The van der Waals surface area contributed by atoms with Gasteiger partial charge in [-0.15, -0.1) is 12.4 Å². The number of nitrogens with two attached hydrogens (primary N) is 1. The van der Waals surface area contributed by atoms with Crippen molar-refractivity contribution in [2.45, 2.75) is 24.7 Å². The first-order valence-electron chi connectivity index (χ1n) is 7.54. The summed E-state index contributed by atoms with van der Waals surface area (Å²) in [6.07, 6.45) is 1.58. The highest BCUT2D eigenvalue weighted by Gasteiger charge is 2.33. The van der Waals surface area contributed by atoms with E-state index in [1.807, 2.05) is 6.07 Å². The molecule has 1 amide bonds. The molecule has 1 atom stereocenters. The summed E-state index contributed by atoms with van der Waals surface area (Å²) in [6, 6.07) is 5.10. The van der Waals surface area contributed by atoms with Crippen LogP contribution in [-0.2, 0) is 21.2 Å². The number of rotatable bonds is 3. The SMILES string of the molecule is CC(=O)N1CCc2ccc(S(=O)(=O)N3CCC(CN)C3)cc21.Cl. The summed E-state index contributed by atoms with van der Waals surface area (Å²) in [5, 5.41) is 0. The second-order valence-corrected chi connectivity index (χ2v) is 7.90. The minimum atomic E-state index is -3.51. The number of fused-ring (bicyclic) bond motifs is 1. The average molecular weight is 360 g/mol. The topological polar surface area (TPSA) is 83.7 Å². The fourth-order valence-corrected chi connectivity index (χ4v) is 4.76. The summed E-state index contributed by atoms with van der Waals surface area (Å²) in [5.41, 5.74) is 7.39. The van der Waals surface area contributed by atoms with Crippen LogP contribution >= 0.6 is 12.4 Å². The number of anilines is 1. The van der Waals surface area contributed by atoms with E-state index in [2.05, 4.69) is 0 Å². The van der Waals surface area contributed by atoms with Gasteiger partial charge in [0.1, 0.15) is 0 Å². The fraction of sp³-hybridized carbons (Fsp3) is 0.533. The highest BCUT2D eigenvalue weighted by Crippen LogP contribution is 2.32. The van der Waals surface area contributed by atoms with E-state index in [1.54, 1.807) is 17.0 Å². The van der Waals surface area contributed by atoms with Gasteiger partial charge in [0, 0.05) is 32.2 Å². The summed E-state index contributed by atoms with van der Waals surface area (Å²) < 4.78 is 27.0. The summed E-state index contributed by atoms with van der Waals surface area (Å²) in [7, 11) is -3.51. The molecule has 2 N–H and O–H groups in total. The summed E-state index contributed by atoms with van der Waals surface area (Å²) in [4.78, 5) is 13.6. The number of halogens is 1. The van der Waals surface area contributed by atoms with Crippen LogP contribution in [0.25, 0.3) is 0 Å². The number of carbonyl (C=O) groups excluding carboxylic acids is 1. The van der Waals surface area contributed by atoms with E-state index >= 15 is 0 Å². The van der Waals surface area contributed by atoms with Crippen molar-refractivity contribution in [2.24, 2.45) is 11.7 Å². The predicted molar refractivity (Wildman–Crippen MR) is 91.3 cm³/mol. The molecule has 3 rings (SSSR count). The van der Waals surface area contributed by atoms with Crippen LogP contribution in [0, 0.1) is 5.92 Å². The molecule has 6 nitrogen and oxygen atoms in total. The van der Waals surface area contributed by atoms with Gasteiger partial charge < -0.3 is 10.6 Å². The lowest BCUT2D eigenvalue weighted by Gasteiger charge is -2.19. The predicted octanol–water partition coefficient (Wildman–Crippen LogP) is 0.987. The molecule has 1 aromatic carbocycles. The van der Waals surface area contributed by atoms with Gasteiger partial charge in [-0.1, -0.05) is 6.07 Å². The van der Waals surface area contributed by atoms with E-state index in [9.17, 15) is 13.2 Å². The number of benzene rings is 1. The lowest BCUT2D eigenvalue weighted by atomic mass is 10.1. The number of sulfonamides is 1. The first kappa shape index (κ1) is 18.2. The van der Waals surface area contributed by atoms with Gasteiger partial charge in [-0.3, -0.25) is 4.79 Å². The first-order valence-corrected chi connectivity index (χ1v) is 8.98. The third-order valence-corrected chi connectivity index (χ3v) is 6.41. The Hall–Kier alpha value is -1.15. The molecule has 0 spiro atoms. The third kappa shape index (κ3) is 3.24. The van der Waals surface area contributed by atoms with E-state index in [0.29, 0.717) is 26.2 Å². The van der Waals surface area contributed by atoms with Crippen LogP contribution in [0.3, 0.4) is 0 Å². The second kappa shape index (κ2) is 6.76. The Labute approximate surface area is 143 Å². The number of nitrogens with zero attached hydrogens (tertiary/aromatic N) is 2. The van der Waals surface area contributed by atoms with Crippen molar-refractivity contribution in [3.8, 4) is 0 Å². The Morgan fingerprint density at radius 3 is 2.70 bits per heavy atom. The lowest BCUT2D eigenvalue weighted by Crippen LogP contribution is -2.30. The van der Waals surface area contributed by atoms with Gasteiger partial charge in [-0.25, -0.2) is 8.42 Å². The van der Waals surface area contributed by atoms with Crippen molar-refractivity contribution >= 4 is 34.0 Å². The summed E-state index contributed by atoms with van der Waals surface area (Å²) in [6.45, 7) is 3.62. The minimum Gasteiger partial charge on any atom is -0.330 e. The summed E-state index contributed by atoms with van der Waals surface area (Å²) in [5.74, 6) is 0.176. The van der Waals surface area contributed by atoms with Crippen LogP contribution in [0.1, 0.15) is 18.9 Å². The Kier molecular flexibility index (Phi) is 5.35. The molecule has 1 saturated heterocycles. The molecule has 0 saturated carbocycles. The molecule has 1 aromatic rings. The largest absolute Gasteiger partial charge is 0.330 e. The average Bonchev–Trinajstić information content (AvgIpc) is 3.13. The van der Waals surface area contributed by atoms with Crippen molar-refractivity contribution in [3.63, 3.8) is 0 Å². The lowest BCUT2D eigenvalue weighted by molar-refractivity contribution is -0.116. The zero-order valence-corrected chi connectivity index (χ0v) is 14.7. The molecule has 0 bridgehead atoms. The van der Waals surface area contributed by atoms with E-state index in [-0.39, 0.29) is 29.1 Å². The van der Waals surface area contributed by atoms with Crippen molar-refractivity contribution in [2.75, 3.05) is 31.1 Å². The van der Waals surface area contributed by atoms with Crippen molar-refractivity contribution in [1.29, 1.82) is 0 Å². The second-order valence-electron chi connectivity index (χ2n) is 5.96. The number of carbonyl (C=O) groups is 1. The molecule has 23 heavy (non-hydrogen) atoms. The van der Waals surface area contributed by atoms with Gasteiger partial charge in [0.15, 0.2) is 0 Å². The van der Waals surface area contributed by atoms with Crippen LogP contribution < -0.4 is 10.6 Å². The smallest absolute Gasteiger partial charge is 0.243 e. The van der Waals surface area contributed by atoms with Crippen molar-refractivity contribution in [1.82, 2.24) is 4.31 Å². The maximum absolute atomic E-state index is 12.8. The zero-order valence-electron chi connectivity index (χ0n) is 13.1. The van der Waals surface area contributed by atoms with Crippen LogP contribution in [0.5, 0.6) is 0 Å². The van der Waals surface area contributed by atoms with Gasteiger partial charge in [0.2, 0.25) is 15.9 Å². The Morgan fingerprint density at radius 1 is 1.35 bits per heavy atom. The van der Waals surface area contributed by atoms with Gasteiger partial charge in [0.25, 0.3) is 0 Å². The molecule has 1 unspecified atom stereocenters. The molecule has 2 heterocycles. The van der Waals surface area contributed by atoms with E-state index in [0.717, 1.165) is 24.1 Å². The van der Waals surface area contributed by atoms with Crippen LogP contribution in [-0.4, -0.2) is 44.8 Å². The monoisotopic (exact) mass is 359 g/mol. The molecule has 2 aliphatic heterocycles. The molecular formula is C15H22ClN3O3S. The molecule has 128 valence electrons. The van der Waals surface area contributed by atoms with Crippen LogP contribution in [0.15, 0.2) is 23.1 Å². The Morgan fingerprint density at radius 2 is 2.09 bits per heavy atom. The highest BCUT2D eigenvalue weighted by atomic mass is 35.5. The molecule has 0 aromatic heterocycles. The quantitative estimate of drug-likeness (QED) is 0.872. The highest BCUT2D eigenvalue weighted by molar-refractivity contribution is 7.89. The van der Waals surface area contributed by atoms with Crippen LogP contribution in [0.2, 0.25) is 0 Å². The number of hydrogen-bond donors (Lipinski definition) is 1. The maximum Gasteiger partial charge on any atom is 0.243 e. The van der Waals surface area contributed by atoms with Crippen molar-refractivity contribution < 1.29 is 13.2 Å². The van der Waals surface area contributed by atoms with Gasteiger partial charge in [-0.2, -0.15) is 4.31 Å². The maximum atomic E-state index is 12.8. The molecule has 0 aliphatic carbocycles. The molecular weight excluding hydrogens is 338 g/mol. The Bertz CT molecular complexity index is 708. The van der Waals surface area contributed by atoms with Gasteiger partial charge in [-0.05, 0) is 43.0 Å². The van der Waals surface area contributed by atoms with E-state index in [4.69, 9.17) is 5.73 Å². The zero-order chi connectivity index (χ0) is 15.9. The molecule has 0 radical (unpaired) electrons. The number of hydrogen-bond acceptors (Lipinski definition) is 4. The Balaban J connectivity index is 0.00000192. The van der Waals surface area contributed by atoms with Crippen molar-refractivity contribution in [3.05, 3.63) is 23.8 Å². The van der Waals surface area contributed by atoms with E-state index < -0.39 is 10.0 Å². The summed E-state index contributed by atoms with van der Waals surface area (Å²) >= 11 is 0. The molecule has 2 aliphatic rings. The van der Waals surface area contributed by atoms with E-state index in [1.165, 1.54) is 11.2 Å². The third-order valence-electron chi connectivity index (χ3n) is 4.55. The van der Waals surface area contributed by atoms with Gasteiger partial charge in [0.05, 0.1) is 4.90 Å². The standard InChI is InChI=1S/C15H21N3O3S.ClH/c1-11(19)18-7-5-13-2-3-14(8-15(13)18)22(20,21)17-6-4-12(9-16)10-17;/h2-3,8,12H,4-7,9-10,16H2,1H3;1H. The normalized spacial score (nSPS) is 21.1. The molecule has 8 heteroatoms. The minimum absolute atomic E-state index is 0. The fourth-order valence-electron chi connectivity index (χ4n) is 3.20. The number of amides is 1. The first-order chi connectivity index (χ1) is 10.4.